The second-order valence-corrected chi connectivity index (χ2v) is 8.83. The smallest absolute Gasteiger partial charge is 0.264 e. The van der Waals surface area contributed by atoms with Gasteiger partial charge in [0.1, 0.15) is 0 Å². The minimum absolute atomic E-state index is 0.00196. The fourth-order valence-electron chi connectivity index (χ4n) is 2.40. The summed E-state index contributed by atoms with van der Waals surface area (Å²) in [6.07, 6.45) is 3.27. The van der Waals surface area contributed by atoms with Gasteiger partial charge in [-0.2, -0.15) is 11.8 Å². The van der Waals surface area contributed by atoms with E-state index in [9.17, 15) is 13.2 Å². The Morgan fingerprint density at radius 2 is 1.62 bits per heavy atom. The first-order valence-corrected chi connectivity index (χ1v) is 11.5. The zero-order valence-corrected chi connectivity index (χ0v) is 17.1. The molecule has 150 valence electrons. The van der Waals surface area contributed by atoms with Crippen molar-refractivity contribution in [3.8, 4) is 0 Å². The third-order valence-electron chi connectivity index (χ3n) is 3.82. The van der Waals surface area contributed by atoms with Gasteiger partial charge in [0.25, 0.3) is 10.0 Å². The van der Waals surface area contributed by atoms with Crippen LogP contribution >= 0.6 is 11.8 Å². The maximum absolute atomic E-state index is 12.3. The number of anilines is 2. The molecule has 0 fully saturated rings. The SMILES string of the molecule is O=C(CCSCc1ccccc1)Nc1ccc(S(=O)(=O)Nc2ncccn2)cc1. The van der Waals surface area contributed by atoms with E-state index in [1.165, 1.54) is 30.1 Å². The molecular weight excluding hydrogens is 408 g/mol. The van der Waals surface area contributed by atoms with Crippen molar-refractivity contribution in [2.75, 3.05) is 15.8 Å². The van der Waals surface area contributed by atoms with Crippen molar-refractivity contribution in [2.45, 2.75) is 17.1 Å². The Bertz CT molecular complexity index is 1030. The van der Waals surface area contributed by atoms with E-state index in [1.807, 2.05) is 18.2 Å². The van der Waals surface area contributed by atoms with Gasteiger partial charge in [0.15, 0.2) is 0 Å². The van der Waals surface area contributed by atoms with Gasteiger partial charge in [-0.25, -0.2) is 23.1 Å². The topological polar surface area (TPSA) is 101 Å². The molecular formula is C20H20N4O3S2. The van der Waals surface area contributed by atoms with Crippen molar-refractivity contribution < 1.29 is 13.2 Å². The molecule has 0 aliphatic heterocycles. The van der Waals surface area contributed by atoms with Crippen LogP contribution in [0.2, 0.25) is 0 Å². The average Bonchev–Trinajstić information content (AvgIpc) is 2.73. The first-order valence-electron chi connectivity index (χ1n) is 8.84. The number of aromatic nitrogens is 2. The lowest BCUT2D eigenvalue weighted by atomic mass is 10.2. The summed E-state index contributed by atoms with van der Waals surface area (Å²) in [7, 11) is -3.79. The number of hydrogen-bond donors (Lipinski definition) is 2. The van der Waals surface area contributed by atoms with Crippen LogP contribution in [0.15, 0.2) is 78.0 Å². The van der Waals surface area contributed by atoms with Gasteiger partial charge in [-0.05, 0) is 35.9 Å². The van der Waals surface area contributed by atoms with Gasteiger partial charge in [0, 0.05) is 36.0 Å². The van der Waals surface area contributed by atoms with Crippen molar-refractivity contribution >= 4 is 39.3 Å². The minimum Gasteiger partial charge on any atom is -0.326 e. The fourth-order valence-corrected chi connectivity index (χ4v) is 4.26. The summed E-state index contributed by atoms with van der Waals surface area (Å²) < 4.78 is 27.0. The van der Waals surface area contributed by atoms with Gasteiger partial charge >= 0.3 is 0 Å². The second-order valence-electron chi connectivity index (χ2n) is 6.04. The predicted molar refractivity (Wildman–Crippen MR) is 115 cm³/mol. The lowest BCUT2D eigenvalue weighted by Crippen LogP contribution is -2.15. The highest BCUT2D eigenvalue weighted by atomic mass is 32.2. The summed E-state index contributed by atoms with van der Waals surface area (Å²) in [6, 6.07) is 17.6. The van der Waals surface area contributed by atoms with Crippen molar-refractivity contribution in [3.05, 3.63) is 78.6 Å². The van der Waals surface area contributed by atoms with Crippen molar-refractivity contribution in [3.63, 3.8) is 0 Å². The number of nitrogens with zero attached hydrogens (tertiary/aromatic N) is 2. The Balaban J connectivity index is 1.47. The zero-order valence-electron chi connectivity index (χ0n) is 15.5. The van der Waals surface area contributed by atoms with Gasteiger partial charge in [-0.15, -0.1) is 0 Å². The molecule has 1 amide bonds. The van der Waals surface area contributed by atoms with Gasteiger partial charge in [-0.3, -0.25) is 4.79 Å². The summed E-state index contributed by atoms with van der Waals surface area (Å²) >= 11 is 1.69. The Labute approximate surface area is 174 Å². The molecule has 0 saturated heterocycles. The van der Waals surface area contributed by atoms with E-state index in [4.69, 9.17) is 0 Å². The number of rotatable bonds is 9. The largest absolute Gasteiger partial charge is 0.326 e. The van der Waals surface area contributed by atoms with Crippen molar-refractivity contribution in [1.82, 2.24) is 9.97 Å². The normalized spacial score (nSPS) is 11.0. The molecule has 29 heavy (non-hydrogen) atoms. The average molecular weight is 429 g/mol. The molecule has 2 N–H and O–H groups in total. The number of benzene rings is 2. The molecule has 0 bridgehead atoms. The predicted octanol–water partition coefficient (Wildman–Crippen LogP) is 3.54. The number of hydrogen-bond acceptors (Lipinski definition) is 6. The standard InChI is InChI=1S/C20H20N4O3S2/c25-19(11-14-28-15-16-5-2-1-3-6-16)23-17-7-9-18(10-8-17)29(26,27)24-20-21-12-4-13-22-20/h1-10,12-13H,11,14-15H2,(H,23,25)(H,21,22,24). The zero-order chi connectivity index (χ0) is 20.5. The number of carbonyl (C=O) groups is 1. The number of thioether (sulfide) groups is 1. The van der Waals surface area contributed by atoms with E-state index in [2.05, 4.69) is 32.1 Å². The highest BCUT2D eigenvalue weighted by Gasteiger charge is 2.15. The van der Waals surface area contributed by atoms with Gasteiger partial charge in [-0.1, -0.05) is 30.3 Å². The summed E-state index contributed by atoms with van der Waals surface area (Å²) in [6.45, 7) is 0. The highest BCUT2D eigenvalue weighted by Crippen LogP contribution is 2.17. The molecule has 0 radical (unpaired) electrons. The molecule has 3 aromatic rings. The maximum Gasteiger partial charge on any atom is 0.264 e. The molecule has 0 atom stereocenters. The molecule has 3 rings (SSSR count). The molecule has 2 aromatic carbocycles. The molecule has 0 aliphatic rings. The maximum atomic E-state index is 12.3. The van der Waals surface area contributed by atoms with E-state index in [1.54, 1.807) is 30.0 Å². The van der Waals surface area contributed by atoms with Crippen molar-refractivity contribution in [2.24, 2.45) is 0 Å². The summed E-state index contributed by atoms with van der Waals surface area (Å²) in [5.41, 5.74) is 1.77. The number of nitrogens with one attached hydrogen (secondary N) is 2. The van der Waals surface area contributed by atoms with Gasteiger partial charge in [0.05, 0.1) is 4.90 Å². The van der Waals surface area contributed by atoms with Crippen LogP contribution in [-0.2, 0) is 20.6 Å². The van der Waals surface area contributed by atoms with Crippen LogP contribution in [0.3, 0.4) is 0 Å². The van der Waals surface area contributed by atoms with E-state index in [0.717, 1.165) is 5.75 Å². The molecule has 1 heterocycles. The lowest BCUT2D eigenvalue weighted by molar-refractivity contribution is -0.115. The van der Waals surface area contributed by atoms with Crippen LogP contribution < -0.4 is 10.0 Å². The monoisotopic (exact) mass is 428 g/mol. The molecule has 0 saturated carbocycles. The van der Waals surface area contributed by atoms with E-state index in [0.29, 0.717) is 17.9 Å². The molecule has 9 heteroatoms. The first-order chi connectivity index (χ1) is 14.0. The van der Waals surface area contributed by atoms with Gasteiger partial charge in [0.2, 0.25) is 11.9 Å². The van der Waals surface area contributed by atoms with Crippen LogP contribution in [0.5, 0.6) is 0 Å². The number of carbonyl (C=O) groups excluding carboxylic acids is 1. The summed E-state index contributed by atoms with van der Waals surface area (Å²) in [5.74, 6) is 1.45. The number of amides is 1. The van der Waals surface area contributed by atoms with E-state index < -0.39 is 10.0 Å². The molecule has 0 spiro atoms. The summed E-state index contributed by atoms with van der Waals surface area (Å²) in [5, 5.41) is 2.78. The molecule has 1 aromatic heterocycles. The first kappa shape index (κ1) is 20.8. The number of sulfonamides is 1. The van der Waals surface area contributed by atoms with Gasteiger partial charge < -0.3 is 5.32 Å². The Hall–Kier alpha value is -2.91. The quantitative estimate of drug-likeness (QED) is 0.506. The Kier molecular flexibility index (Phi) is 7.20. The summed E-state index contributed by atoms with van der Waals surface area (Å²) in [4.78, 5) is 19.8. The highest BCUT2D eigenvalue weighted by molar-refractivity contribution is 7.98. The van der Waals surface area contributed by atoms with E-state index >= 15 is 0 Å². The second kappa shape index (κ2) is 10.0. The third kappa shape index (κ3) is 6.58. The minimum atomic E-state index is -3.79. The van der Waals surface area contributed by atoms with Crippen molar-refractivity contribution in [1.29, 1.82) is 0 Å². The van der Waals surface area contributed by atoms with Crippen LogP contribution in [0, 0.1) is 0 Å². The Morgan fingerprint density at radius 1 is 0.931 bits per heavy atom. The molecule has 0 aliphatic carbocycles. The molecule has 7 nitrogen and oxygen atoms in total. The van der Waals surface area contributed by atoms with Crippen LogP contribution in [-0.4, -0.2) is 30.0 Å². The molecule has 0 unspecified atom stereocenters. The van der Waals surface area contributed by atoms with Crippen LogP contribution in [0.1, 0.15) is 12.0 Å². The van der Waals surface area contributed by atoms with Crippen LogP contribution in [0.25, 0.3) is 0 Å². The Morgan fingerprint density at radius 3 is 2.31 bits per heavy atom. The van der Waals surface area contributed by atoms with Crippen LogP contribution in [0.4, 0.5) is 11.6 Å². The third-order valence-corrected chi connectivity index (χ3v) is 6.20. The fraction of sp³-hybridized carbons (Fsp3) is 0.150. The lowest BCUT2D eigenvalue weighted by Gasteiger charge is -2.08. The van der Waals surface area contributed by atoms with E-state index in [-0.39, 0.29) is 16.8 Å².